The molecule has 1 amide bonds. The summed E-state index contributed by atoms with van der Waals surface area (Å²) < 4.78 is 12.9. The average molecular weight is 444 g/mol. The van der Waals surface area contributed by atoms with E-state index < -0.39 is 23.6 Å². The number of nitrogens with one attached hydrogen (secondary N) is 1. The molecule has 0 fully saturated rings. The molecular formula is C24H33N3O5. The smallest absolute Gasteiger partial charge is 0.407 e. The number of ether oxygens (including phenoxy) is 2. The molecule has 2 aromatic rings. The third-order valence-corrected chi connectivity index (χ3v) is 5.39. The largest absolute Gasteiger partial charge is 0.494 e. The number of fused-ring (bicyclic) bond motifs is 3. The summed E-state index contributed by atoms with van der Waals surface area (Å²) in [6.45, 7) is 8.36. The van der Waals surface area contributed by atoms with Gasteiger partial charge in [0.05, 0.1) is 30.2 Å². The van der Waals surface area contributed by atoms with E-state index in [4.69, 9.17) is 9.47 Å². The minimum absolute atomic E-state index is 0.371. The Balaban J connectivity index is 1.61. The second-order valence-electron chi connectivity index (χ2n) is 9.04. The maximum atomic E-state index is 11.8. The van der Waals surface area contributed by atoms with Crippen molar-refractivity contribution in [2.75, 3.05) is 13.2 Å². The maximum absolute atomic E-state index is 11.8. The number of carboxylic acid groups (broad SMARTS) is 1. The van der Waals surface area contributed by atoms with Gasteiger partial charge >= 0.3 is 12.1 Å². The van der Waals surface area contributed by atoms with Crippen molar-refractivity contribution in [3.63, 3.8) is 0 Å². The number of carboxylic acids is 1. The molecule has 1 aliphatic heterocycles. The predicted octanol–water partition coefficient (Wildman–Crippen LogP) is 3.92. The standard InChI is InChI=1S/C24H33N3O5/c1-5-31-18-9-11-20-16(13-18)8-10-21-19(26-15-27(20)21)14-17(22(28)29)7-6-12-25-23(30)32-24(2,3)4/h9,11,13,15,17H,5-8,10,12,14H2,1-4H3,(H,25,30)(H,28,29). The Bertz CT molecular complexity index is 961. The molecule has 1 aliphatic rings. The number of imidazole rings is 1. The van der Waals surface area contributed by atoms with Gasteiger partial charge in [-0.2, -0.15) is 0 Å². The average Bonchev–Trinajstić information content (AvgIpc) is 3.12. The fourth-order valence-electron chi connectivity index (χ4n) is 3.96. The summed E-state index contributed by atoms with van der Waals surface area (Å²) in [7, 11) is 0. The lowest BCUT2D eigenvalue weighted by atomic mass is 9.94. The fraction of sp³-hybridized carbons (Fsp3) is 0.542. The molecule has 32 heavy (non-hydrogen) atoms. The molecule has 2 heterocycles. The molecule has 0 saturated carbocycles. The highest BCUT2D eigenvalue weighted by Gasteiger charge is 2.25. The molecule has 0 aliphatic carbocycles. The first-order chi connectivity index (χ1) is 15.2. The van der Waals surface area contributed by atoms with Gasteiger partial charge in [-0.15, -0.1) is 0 Å². The number of aromatic nitrogens is 2. The molecule has 8 nitrogen and oxygen atoms in total. The first-order valence-electron chi connectivity index (χ1n) is 11.2. The third kappa shape index (κ3) is 6.02. The number of carbonyl (C=O) groups excluding carboxylic acids is 1. The molecule has 0 saturated heterocycles. The minimum Gasteiger partial charge on any atom is -0.494 e. The van der Waals surface area contributed by atoms with E-state index in [2.05, 4.69) is 20.9 Å². The van der Waals surface area contributed by atoms with Crippen LogP contribution in [0.25, 0.3) is 5.69 Å². The van der Waals surface area contributed by atoms with E-state index in [0.717, 1.165) is 35.7 Å². The first kappa shape index (κ1) is 23.6. The number of amides is 1. The van der Waals surface area contributed by atoms with Crippen molar-refractivity contribution in [1.82, 2.24) is 14.9 Å². The van der Waals surface area contributed by atoms with Crippen molar-refractivity contribution in [2.45, 2.75) is 65.4 Å². The Morgan fingerprint density at radius 3 is 2.75 bits per heavy atom. The molecule has 0 bridgehead atoms. The minimum atomic E-state index is -0.846. The van der Waals surface area contributed by atoms with Crippen molar-refractivity contribution in [1.29, 1.82) is 0 Å². The van der Waals surface area contributed by atoms with E-state index in [9.17, 15) is 14.7 Å². The predicted molar refractivity (Wildman–Crippen MR) is 120 cm³/mol. The van der Waals surface area contributed by atoms with Crippen LogP contribution >= 0.6 is 0 Å². The first-order valence-corrected chi connectivity index (χ1v) is 11.2. The quantitative estimate of drug-likeness (QED) is 0.570. The summed E-state index contributed by atoms with van der Waals surface area (Å²) in [5, 5.41) is 12.4. The fourth-order valence-corrected chi connectivity index (χ4v) is 3.96. The van der Waals surface area contributed by atoms with Gasteiger partial charge in [-0.25, -0.2) is 9.78 Å². The van der Waals surface area contributed by atoms with E-state index in [1.54, 1.807) is 27.1 Å². The molecule has 1 atom stereocenters. The molecule has 2 N–H and O–H groups in total. The zero-order valence-electron chi connectivity index (χ0n) is 19.3. The van der Waals surface area contributed by atoms with Crippen LogP contribution < -0.4 is 10.1 Å². The number of nitrogens with zero attached hydrogens (tertiary/aromatic N) is 2. The topological polar surface area (TPSA) is 103 Å². The van der Waals surface area contributed by atoms with Gasteiger partial charge in [0.1, 0.15) is 11.4 Å². The molecule has 1 aromatic heterocycles. The van der Waals surface area contributed by atoms with Gasteiger partial charge < -0.3 is 24.5 Å². The lowest BCUT2D eigenvalue weighted by molar-refractivity contribution is -0.142. The van der Waals surface area contributed by atoms with Gasteiger partial charge in [-0.3, -0.25) is 4.79 Å². The van der Waals surface area contributed by atoms with Crippen molar-refractivity contribution >= 4 is 12.1 Å². The van der Waals surface area contributed by atoms with Crippen LogP contribution in [0.5, 0.6) is 5.75 Å². The molecular weight excluding hydrogens is 410 g/mol. The summed E-state index contributed by atoms with van der Waals surface area (Å²) in [4.78, 5) is 28.1. The van der Waals surface area contributed by atoms with Crippen LogP contribution in [-0.2, 0) is 28.8 Å². The van der Waals surface area contributed by atoms with Crippen LogP contribution in [0.3, 0.4) is 0 Å². The van der Waals surface area contributed by atoms with E-state index in [1.165, 1.54) is 5.56 Å². The highest BCUT2D eigenvalue weighted by atomic mass is 16.6. The van der Waals surface area contributed by atoms with Gasteiger partial charge in [0, 0.05) is 18.7 Å². The third-order valence-electron chi connectivity index (χ3n) is 5.39. The number of hydrogen-bond donors (Lipinski definition) is 2. The normalized spacial score (nSPS) is 13.6. The lowest BCUT2D eigenvalue weighted by Gasteiger charge is -2.21. The van der Waals surface area contributed by atoms with Crippen LogP contribution in [-0.4, -0.2) is 45.5 Å². The molecule has 1 aromatic carbocycles. The Labute approximate surface area is 188 Å². The highest BCUT2D eigenvalue weighted by molar-refractivity contribution is 5.70. The Morgan fingerprint density at radius 1 is 1.28 bits per heavy atom. The number of aryl methyl sites for hydroxylation is 1. The molecule has 3 rings (SSSR count). The van der Waals surface area contributed by atoms with Gasteiger partial charge in [0.25, 0.3) is 0 Å². The number of carbonyl (C=O) groups is 2. The molecule has 8 heteroatoms. The van der Waals surface area contributed by atoms with E-state index in [1.807, 2.05) is 19.1 Å². The van der Waals surface area contributed by atoms with Gasteiger partial charge in [0.15, 0.2) is 0 Å². The Kier molecular flexibility index (Phi) is 7.43. The van der Waals surface area contributed by atoms with Crippen molar-refractivity contribution in [2.24, 2.45) is 5.92 Å². The van der Waals surface area contributed by atoms with Crippen LogP contribution in [0.15, 0.2) is 24.5 Å². The van der Waals surface area contributed by atoms with Crippen LogP contribution in [0.2, 0.25) is 0 Å². The second kappa shape index (κ2) is 10.1. The second-order valence-corrected chi connectivity index (χ2v) is 9.04. The summed E-state index contributed by atoms with van der Waals surface area (Å²) in [6.07, 6.45) is 4.35. The molecule has 0 spiro atoms. The Hall–Kier alpha value is -3.03. The van der Waals surface area contributed by atoms with Gasteiger partial charge in [-0.1, -0.05) is 0 Å². The van der Waals surface area contributed by atoms with Crippen LogP contribution in [0.4, 0.5) is 4.79 Å². The highest BCUT2D eigenvalue weighted by Crippen LogP contribution is 2.30. The van der Waals surface area contributed by atoms with Crippen LogP contribution in [0, 0.1) is 5.92 Å². The van der Waals surface area contributed by atoms with Crippen molar-refractivity contribution in [3.05, 3.63) is 41.5 Å². The SMILES string of the molecule is CCOc1ccc2c(c1)CCc1c(CC(CCCNC(=O)OC(C)(C)C)C(=O)O)ncn1-2. The zero-order chi connectivity index (χ0) is 23.3. The number of benzene rings is 1. The van der Waals surface area contributed by atoms with Gasteiger partial charge in [-0.05, 0) is 77.1 Å². The summed E-state index contributed by atoms with van der Waals surface area (Å²) in [5.41, 5.74) is 3.62. The number of aliphatic carboxylic acids is 1. The Morgan fingerprint density at radius 2 is 2.06 bits per heavy atom. The van der Waals surface area contributed by atoms with E-state index >= 15 is 0 Å². The summed E-state index contributed by atoms with van der Waals surface area (Å²) in [5.74, 6) is -0.542. The summed E-state index contributed by atoms with van der Waals surface area (Å²) in [6, 6.07) is 6.06. The number of rotatable bonds is 9. The van der Waals surface area contributed by atoms with Gasteiger partial charge in [0.2, 0.25) is 0 Å². The van der Waals surface area contributed by atoms with E-state index in [-0.39, 0.29) is 0 Å². The maximum Gasteiger partial charge on any atom is 0.407 e. The molecule has 174 valence electrons. The lowest BCUT2D eigenvalue weighted by Crippen LogP contribution is -2.33. The number of alkyl carbamates (subject to hydrolysis) is 1. The van der Waals surface area contributed by atoms with E-state index in [0.29, 0.717) is 32.4 Å². The van der Waals surface area contributed by atoms with Crippen molar-refractivity contribution in [3.8, 4) is 11.4 Å². The monoisotopic (exact) mass is 443 g/mol. The zero-order valence-corrected chi connectivity index (χ0v) is 19.3. The number of hydrogen-bond acceptors (Lipinski definition) is 5. The van der Waals surface area contributed by atoms with Crippen LogP contribution in [0.1, 0.15) is 57.5 Å². The summed E-state index contributed by atoms with van der Waals surface area (Å²) >= 11 is 0. The van der Waals surface area contributed by atoms with Crippen molar-refractivity contribution < 1.29 is 24.2 Å². The molecule has 1 unspecified atom stereocenters. The molecule has 0 radical (unpaired) electrons.